The molecule has 1 aromatic carbocycles. The number of nitrogens with one attached hydrogen (secondary N) is 2. The van der Waals surface area contributed by atoms with E-state index in [0.29, 0.717) is 36.8 Å². The number of hydrogen-bond donors (Lipinski definition) is 2. The van der Waals surface area contributed by atoms with Gasteiger partial charge in [-0.1, -0.05) is 23.7 Å². The number of aromatic nitrogens is 3. The molecule has 4 rings (SSSR count). The lowest BCUT2D eigenvalue weighted by atomic mass is 9.99. The van der Waals surface area contributed by atoms with Gasteiger partial charge < -0.3 is 15.4 Å². The van der Waals surface area contributed by atoms with Gasteiger partial charge in [-0.05, 0) is 72.1 Å². The van der Waals surface area contributed by atoms with Crippen molar-refractivity contribution < 1.29 is 19.1 Å². The SMILES string of the molecule is Cc1sc2c(c1C)C(c1ccc(Cl)cc1)=NC(CC(=O)NCCCC(=O)NCCCC(=O)OC(C)(C)C)c1nnc(C)n1-2. The summed E-state index contributed by atoms with van der Waals surface area (Å²) in [5.74, 6) is 0.751. The minimum absolute atomic E-state index is 0.0824. The van der Waals surface area contributed by atoms with Crippen LogP contribution < -0.4 is 10.6 Å². The number of aryl methyl sites for hydroxylation is 2. The molecule has 3 aromatic rings. The van der Waals surface area contributed by atoms with Gasteiger partial charge in [-0.15, -0.1) is 21.5 Å². The quantitative estimate of drug-likeness (QED) is 0.219. The van der Waals surface area contributed by atoms with Crippen LogP contribution in [0.4, 0.5) is 0 Å². The van der Waals surface area contributed by atoms with Crippen LogP contribution in [0, 0.1) is 20.8 Å². The third kappa shape index (κ3) is 8.29. The van der Waals surface area contributed by atoms with E-state index in [9.17, 15) is 14.4 Å². The first-order valence-corrected chi connectivity index (χ1v) is 15.6. The minimum Gasteiger partial charge on any atom is -0.460 e. The Morgan fingerprint density at radius 2 is 1.63 bits per heavy atom. The van der Waals surface area contributed by atoms with Gasteiger partial charge in [0.25, 0.3) is 0 Å². The highest BCUT2D eigenvalue weighted by Crippen LogP contribution is 2.39. The van der Waals surface area contributed by atoms with E-state index in [4.69, 9.17) is 21.3 Å². The van der Waals surface area contributed by atoms with E-state index >= 15 is 0 Å². The van der Waals surface area contributed by atoms with Crippen molar-refractivity contribution in [1.82, 2.24) is 25.4 Å². The maximum absolute atomic E-state index is 13.1. The number of thiophene rings is 1. The second-order valence-electron chi connectivity index (χ2n) is 11.6. The molecule has 230 valence electrons. The normalized spacial score (nSPS) is 14.3. The van der Waals surface area contributed by atoms with E-state index in [2.05, 4.69) is 34.7 Å². The van der Waals surface area contributed by atoms with Crippen LogP contribution >= 0.6 is 22.9 Å². The minimum atomic E-state index is -0.556. The predicted molar refractivity (Wildman–Crippen MR) is 168 cm³/mol. The number of hydrogen-bond acceptors (Lipinski definition) is 8. The highest BCUT2D eigenvalue weighted by molar-refractivity contribution is 7.15. The number of aliphatic imine (C=N–C) groups is 1. The zero-order chi connectivity index (χ0) is 31.3. The molecule has 0 bridgehead atoms. The fourth-order valence-corrected chi connectivity index (χ4v) is 6.14. The molecular weight excluding hydrogens is 588 g/mol. The summed E-state index contributed by atoms with van der Waals surface area (Å²) in [7, 11) is 0. The number of amides is 2. The lowest BCUT2D eigenvalue weighted by Crippen LogP contribution is -2.29. The van der Waals surface area contributed by atoms with Crippen molar-refractivity contribution in [1.29, 1.82) is 0 Å². The van der Waals surface area contributed by atoms with Crippen molar-refractivity contribution in [2.45, 2.75) is 85.3 Å². The molecule has 10 nitrogen and oxygen atoms in total. The van der Waals surface area contributed by atoms with Crippen LogP contribution in [0.2, 0.25) is 5.02 Å². The van der Waals surface area contributed by atoms with Crippen LogP contribution in [0.25, 0.3) is 5.00 Å². The monoisotopic (exact) mass is 626 g/mol. The van der Waals surface area contributed by atoms with Crippen molar-refractivity contribution in [3.05, 3.63) is 62.5 Å². The van der Waals surface area contributed by atoms with Crippen molar-refractivity contribution in [3.8, 4) is 5.00 Å². The van der Waals surface area contributed by atoms with Crippen LogP contribution in [0.3, 0.4) is 0 Å². The molecule has 0 aliphatic carbocycles. The lowest BCUT2D eigenvalue weighted by molar-refractivity contribution is -0.155. The van der Waals surface area contributed by atoms with Crippen LogP contribution in [0.5, 0.6) is 0 Å². The average Bonchev–Trinajstić information content (AvgIpc) is 3.40. The smallest absolute Gasteiger partial charge is 0.306 e. The Hall–Kier alpha value is -3.57. The third-order valence-electron chi connectivity index (χ3n) is 6.94. The molecule has 0 radical (unpaired) electrons. The zero-order valence-corrected chi connectivity index (χ0v) is 27.1. The van der Waals surface area contributed by atoms with E-state index in [0.717, 1.165) is 33.2 Å². The van der Waals surface area contributed by atoms with Gasteiger partial charge in [0.2, 0.25) is 11.8 Å². The van der Waals surface area contributed by atoms with Gasteiger partial charge in [-0.3, -0.25) is 23.9 Å². The number of carbonyl (C=O) groups excluding carboxylic acids is 3. The fraction of sp³-hybridized carbons (Fsp3) is 0.484. The summed E-state index contributed by atoms with van der Waals surface area (Å²) in [4.78, 5) is 43.4. The molecule has 2 amide bonds. The first kappa shape index (κ1) is 32.3. The van der Waals surface area contributed by atoms with E-state index in [1.165, 1.54) is 4.88 Å². The van der Waals surface area contributed by atoms with Crippen LogP contribution in [-0.4, -0.2) is 57.0 Å². The number of halogens is 1. The second kappa shape index (κ2) is 13.8. The Labute approximate surface area is 261 Å². The van der Waals surface area contributed by atoms with E-state index in [1.54, 1.807) is 11.3 Å². The predicted octanol–water partition coefficient (Wildman–Crippen LogP) is 5.32. The average molecular weight is 627 g/mol. The summed E-state index contributed by atoms with van der Waals surface area (Å²) < 4.78 is 7.28. The first-order valence-electron chi connectivity index (χ1n) is 14.5. The van der Waals surface area contributed by atoms with E-state index in [1.807, 2.05) is 56.5 Å². The third-order valence-corrected chi connectivity index (χ3v) is 8.38. The van der Waals surface area contributed by atoms with Gasteiger partial charge in [-0.25, -0.2) is 0 Å². The van der Waals surface area contributed by atoms with Crippen LogP contribution in [-0.2, 0) is 19.1 Å². The Kier molecular flexibility index (Phi) is 10.4. The molecule has 12 heteroatoms. The largest absolute Gasteiger partial charge is 0.460 e. The Bertz CT molecular complexity index is 1520. The molecule has 0 saturated carbocycles. The van der Waals surface area contributed by atoms with E-state index < -0.39 is 11.6 Å². The molecule has 0 fully saturated rings. The summed E-state index contributed by atoms with van der Waals surface area (Å²) >= 11 is 7.84. The highest BCUT2D eigenvalue weighted by atomic mass is 35.5. The molecule has 1 aliphatic heterocycles. The van der Waals surface area contributed by atoms with Crippen molar-refractivity contribution in [3.63, 3.8) is 0 Å². The maximum atomic E-state index is 13.1. The molecule has 2 N–H and O–H groups in total. The standard InChI is InChI=1S/C31H39ClN6O4S/c1-18-19(2)43-30-27(18)28(21-11-13-22(32)14-12-21)35-23(29-37-36-20(3)38(29)30)17-25(40)34-15-7-9-24(39)33-16-8-10-26(41)42-31(4,5)6/h11-14,23H,7-10,15-17H2,1-6H3,(H,33,39)(H,34,40). The topological polar surface area (TPSA) is 128 Å². The summed E-state index contributed by atoms with van der Waals surface area (Å²) in [6.45, 7) is 12.3. The summed E-state index contributed by atoms with van der Waals surface area (Å²) in [6, 6.07) is 7.00. The van der Waals surface area contributed by atoms with Crippen molar-refractivity contribution in [2.24, 2.45) is 4.99 Å². The zero-order valence-electron chi connectivity index (χ0n) is 25.5. The van der Waals surface area contributed by atoms with Crippen LogP contribution in [0.1, 0.15) is 92.1 Å². The number of benzene rings is 1. The number of ether oxygens (including phenoxy) is 1. The molecule has 1 unspecified atom stereocenters. The first-order chi connectivity index (χ1) is 20.3. The molecule has 0 spiro atoms. The highest BCUT2D eigenvalue weighted by Gasteiger charge is 2.32. The van der Waals surface area contributed by atoms with Gasteiger partial charge in [0, 0.05) is 47.0 Å². The second-order valence-corrected chi connectivity index (χ2v) is 13.2. The summed E-state index contributed by atoms with van der Waals surface area (Å²) in [5, 5.41) is 16.1. The Morgan fingerprint density at radius 3 is 2.30 bits per heavy atom. The number of carbonyl (C=O) groups is 3. The number of rotatable bonds is 11. The fourth-order valence-electron chi connectivity index (χ4n) is 4.80. The number of nitrogens with zero attached hydrogens (tertiary/aromatic N) is 4. The summed E-state index contributed by atoms with van der Waals surface area (Å²) in [6.07, 6.45) is 1.59. The molecule has 1 atom stereocenters. The van der Waals surface area contributed by atoms with Gasteiger partial charge in [0.05, 0.1) is 12.1 Å². The number of fused-ring (bicyclic) bond motifs is 3. The van der Waals surface area contributed by atoms with E-state index in [-0.39, 0.29) is 37.0 Å². The molecular formula is C31H39ClN6O4S. The van der Waals surface area contributed by atoms with Crippen molar-refractivity contribution >= 4 is 46.4 Å². The molecule has 0 saturated heterocycles. The number of esters is 1. The van der Waals surface area contributed by atoms with Crippen molar-refractivity contribution in [2.75, 3.05) is 13.1 Å². The molecule has 3 heterocycles. The molecule has 2 aromatic heterocycles. The molecule has 1 aliphatic rings. The summed E-state index contributed by atoms with van der Waals surface area (Å²) in [5.41, 5.74) is 3.31. The Morgan fingerprint density at radius 1 is 0.977 bits per heavy atom. The van der Waals surface area contributed by atoms with Gasteiger partial charge in [0.15, 0.2) is 5.82 Å². The maximum Gasteiger partial charge on any atom is 0.306 e. The lowest BCUT2D eigenvalue weighted by Gasteiger charge is -2.19. The Balaban J connectivity index is 1.37. The van der Waals surface area contributed by atoms with Crippen LogP contribution in [0.15, 0.2) is 29.3 Å². The van der Waals surface area contributed by atoms with Gasteiger partial charge in [-0.2, -0.15) is 0 Å². The van der Waals surface area contributed by atoms with Gasteiger partial charge in [0.1, 0.15) is 22.5 Å². The molecule has 43 heavy (non-hydrogen) atoms. The van der Waals surface area contributed by atoms with Gasteiger partial charge >= 0.3 is 5.97 Å².